The Kier molecular flexibility index (Phi) is 7.25. The minimum atomic E-state index is -4.78. The predicted molar refractivity (Wildman–Crippen MR) is 124 cm³/mol. The van der Waals surface area contributed by atoms with Gasteiger partial charge >= 0.3 is 12.2 Å². The number of hydrogen-bond donors (Lipinski definition) is 2. The van der Waals surface area contributed by atoms with Gasteiger partial charge in [-0.2, -0.15) is 13.2 Å². The van der Waals surface area contributed by atoms with Crippen molar-refractivity contribution in [2.45, 2.75) is 43.3 Å². The van der Waals surface area contributed by atoms with Crippen molar-refractivity contribution >= 4 is 17.6 Å². The number of rotatable bonds is 6. The number of hydrogen-bond acceptors (Lipinski definition) is 3. The van der Waals surface area contributed by atoms with Crippen molar-refractivity contribution in [3.05, 3.63) is 94.3 Å². The van der Waals surface area contributed by atoms with Crippen LogP contribution in [0, 0.1) is 5.82 Å². The van der Waals surface area contributed by atoms with Crippen LogP contribution in [0.25, 0.3) is 0 Å². The fourth-order valence-corrected chi connectivity index (χ4v) is 4.65. The smallest absolute Gasteiger partial charge is 0.337 e. The van der Waals surface area contributed by atoms with Crippen molar-refractivity contribution in [1.29, 1.82) is 0 Å². The van der Waals surface area contributed by atoms with Crippen molar-refractivity contribution < 1.29 is 22.4 Å². The summed E-state index contributed by atoms with van der Waals surface area (Å²) in [5, 5.41) is 6.01. The molecule has 2 amide bonds. The van der Waals surface area contributed by atoms with E-state index in [4.69, 9.17) is 11.6 Å². The highest BCUT2D eigenvalue weighted by Crippen LogP contribution is 2.41. The lowest BCUT2D eigenvalue weighted by Crippen LogP contribution is -2.48. The van der Waals surface area contributed by atoms with Crippen molar-refractivity contribution in [2.75, 3.05) is 6.54 Å². The number of halogens is 5. The summed E-state index contributed by atoms with van der Waals surface area (Å²) in [7, 11) is 0. The number of benzene rings is 1. The van der Waals surface area contributed by atoms with Gasteiger partial charge in [0.05, 0.1) is 21.7 Å². The summed E-state index contributed by atoms with van der Waals surface area (Å²) in [5.74, 6) is -1.06. The van der Waals surface area contributed by atoms with Crippen LogP contribution in [0.3, 0.4) is 0 Å². The molecule has 0 saturated heterocycles. The van der Waals surface area contributed by atoms with E-state index in [9.17, 15) is 22.4 Å². The second-order valence-corrected chi connectivity index (χ2v) is 8.97. The quantitative estimate of drug-likeness (QED) is 0.411. The minimum Gasteiger partial charge on any atom is -0.337 e. The molecule has 1 aliphatic rings. The maximum atomic E-state index is 14.6. The average Bonchev–Trinajstić information content (AvgIpc) is 3.33. The number of carbonyl (C=O) groups is 1. The van der Waals surface area contributed by atoms with E-state index in [2.05, 4.69) is 20.6 Å². The molecule has 2 heterocycles. The van der Waals surface area contributed by atoms with E-state index in [-0.39, 0.29) is 23.8 Å². The number of aromatic nitrogens is 2. The highest BCUT2D eigenvalue weighted by atomic mass is 35.5. The van der Waals surface area contributed by atoms with Crippen molar-refractivity contribution in [1.82, 2.24) is 20.6 Å². The number of amides is 2. The van der Waals surface area contributed by atoms with Crippen LogP contribution in [0.15, 0.2) is 61.1 Å². The van der Waals surface area contributed by atoms with E-state index in [1.807, 2.05) is 0 Å². The van der Waals surface area contributed by atoms with Crippen molar-refractivity contribution in [3.8, 4) is 0 Å². The van der Waals surface area contributed by atoms with Gasteiger partial charge in [-0.3, -0.25) is 9.97 Å². The zero-order valence-electron chi connectivity index (χ0n) is 18.6. The number of pyridine rings is 2. The summed E-state index contributed by atoms with van der Waals surface area (Å²) in [6.07, 6.45) is 3.29. The number of carbonyl (C=O) groups excluding carboxylic acids is 1. The Balaban J connectivity index is 1.86. The first-order chi connectivity index (χ1) is 16.7. The average molecular weight is 507 g/mol. The van der Waals surface area contributed by atoms with Gasteiger partial charge in [0, 0.05) is 31.2 Å². The van der Waals surface area contributed by atoms with Crippen LogP contribution < -0.4 is 10.6 Å². The van der Waals surface area contributed by atoms with Gasteiger partial charge < -0.3 is 10.6 Å². The molecule has 2 aromatic heterocycles. The van der Waals surface area contributed by atoms with Crippen LogP contribution in [0.4, 0.5) is 22.4 Å². The molecule has 0 bridgehead atoms. The summed E-state index contributed by atoms with van der Waals surface area (Å²) in [6, 6.07) is 8.23. The molecule has 184 valence electrons. The van der Waals surface area contributed by atoms with E-state index in [0.29, 0.717) is 16.7 Å². The Labute approximate surface area is 204 Å². The van der Waals surface area contributed by atoms with Crippen LogP contribution in [0.1, 0.15) is 48.1 Å². The Morgan fingerprint density at radius 2 is 1.69 bits per heavy atom. The normalized spacial score (nSPS) is 16.0. The zero-order chi connectivity index (χ0) is 25.1. The summed E-state index contributed by atoms with van der Waals surface area (Å²) < 4.78 is 55.5. The Morgan fingerprint density at radius 3 is 2.31 bits per heavy atom. The molecule has 0 radical (unpaired) electrons. The van der Waals surface area contributed by atoms with E-state index >= 15 is 0 Å². The van der Waals surface area contributed by atoms with Crippen molar-refractivity contribution in [3.63, 3.8) is 0 Å². The van der Waals surface area contributed by atoms with E-state index in [0.717, 1.165) is 37.8 Å². The monoisotopic (exact) mass is 506 g/mol. The molecule has 5 nitrogen and oxygen atoms in total. The third kappa shape index (κ3) is 5.56. The predicted octanol–water partition coefficient (Wildman–Crippen LogP) is 5.86. The lowest BCUT2D eigenvalue weighted by atomic mass is 9.71. The maximum absolute atomic E-state index is 14.6. The van der Waals surface area contributed by atoms with Gasteiger partial charge in [0.25, 0.3) is 0 Å². The highest BCUT2D eigenvalue weighted by molar-refractivity contribution is 6.30. The van der Waals surface area contributed by atoms with Gasteiger partial charge in [-0.15, -0.1) is 0 Å². The Morgan fingerprint density at radius 1 is 1.00 bits per heavy atom. The SMILES string of the molecule is O=C(NCC(c1ccncc1)(c1cc(F)cc(C(F)(F)F)c1)c1ccc(Cl)cn1)NC1CCCC1. The number of nitrogens with zero attached hydrogens (tertiary/aromatic N) is 2. The van der Waals surface area contributed by atoms with Gasteiger partial charge in [-0.05, 0) is 66.4 Å². The first-order valence-electron chi connectivity index (χ1n) is 11.1. The summed E-state index contributed by atoms with van der Waals surface area (Å²) in [5.41, 5.74) is -1.87. The molecular formula is C25H23ClF4N4O. The van der Waals surface area contributed by atoms with Crippen LogP contribution in [0.2, 0.25) is 5.02 Å². The largest absolute Gasteiger partial charge is 0.416 e. The van der Waals surface area contributed by atoms with E-state index in [1.54, 1.807) is 24.3 Å². The first-order valence-corrected chi connectivity index (χ1v) is 11.5. The van der Waals surface area contributed by atoms with Gasteiger partial charge in [0.15, 0.2) is 0 Å². The molecule has 3 aromatic rings. The number of alkyl halides is 3. The zero-order valence-corrected chi connectivity index (χ0v) is 19.3. The van der Waals surface area contributed by atoms with Crippen LogP contribution >= 0.6 is 11.6 Å². The molecule has 1 atom stereocenters. The van der Waals surface area contributed by atoms with Crippen LogP contribution in [-0.4, -0.2) is 28.6 Å². The van der Waals surface area contributed by atoms with E-state index in [1.165, 1.54) is 18.6 Å². The Hall–Kier alpha value is -3.20. The second-order valence-electron chi connectivity index (χ2n) is 8.54. The highest BCUT2D eigenvalue weighted by Gasteiger charge is 2.41. The number of nitrogens with one attached hydrogen (secondary N) is 2. The number of urea groups is 1. The molecule has 1 aromatic carbocycles. The van der Waals surface area contributed by atoms with E-state index < -0.39 is 29.0 Å². The summed E-state index contributed by atoms with van der Waals surface area (Å²) in [6.45, 7) is -0.190. The molecule has 0 spiro atoms. The third-order valence-electron chi connectivity index (χ3n) is 6.26. The lowest BCUT2D eigenvalue weighted by Gasteiger charge is -2.35. The van der Waals surface area contributed by atoms with Gasteiger partial charge in [-0.1, -0.05) is 24.4 Å². The van der Waals surface area contributed by atoms with Crippen LogP contribution in [-0.2, 0) is 11.6 Å². The Bertz CT molecular complexity index is 1170. The molecule has 1 fully saturated rings. The fourth-order valence-electron chi connectivity index (χ4n) is 4.54. The molecular weight excluding hydrogens is 484 g/mol. The molecule has 4 rings (SSSR count). The standard InChI is InChI=1S/C25H23ClF4N4O/c26-19-5-6-22(32-14-19)24(16-7-9-31-10-8-16,15-33-23(35)34-21-3-1-2-4-21)17-11-18(25(28,29)30)13-20(27)12-17/h5-14,21H,1-4,15H2,(H2,33,34,35). The van der Waals surface area contributed by atoms with Crippen molar-refractivity contribution in [2.24, 2.45) is 0 Å². The lowest BCUT2D eigenvalue weighted by molar-refractivity contribution is -0.137. The minimum absolute atomic E-state index is 0.0213. The molecule has 1 unspecified atom stereocenters. The molecule has 10 heteroatoms. The molecule has 1 saturated carbocycles. The van der Waals surface area contributed by atoms with Gasteiger partial charge in [0.2, 0.25) is 0 Å². The third-order valence-corrected chi connectivity index (χ3v) is 6.48. The molecule has 0 aliphatic heterocycles. The first kappa shape index (κ1) is 24.9. The topological polar surface area (TPSA) is 66.9 Å². The fraction of sp³-hybridized carbons (Fsp3) is 0.320. The van der Waals surface area contributed by atoms with Gasteiger partial charge in [-0.25, -0.2) is 9.18 Å². The van der Waals surface area contributed by atoms with Gasteiger partial charge in [0.1, 0.15) is 5.82 Å². The summed E-state index contributed by atoms with van der Waals surface area (Å²) in [4.78, 5) is 21.1. The molecule has 2 N–H and O–H groups in total. The second kappa shape index (κ2) is 10.2. The summed E-state index contributed by atoms with van der Waals surface area (Å²) >= 11 is 6.03. The van der Waals surface area contributed by atoms with Crippen LogP contribution in [0.5, 0.6) is 0 Å². The molecule has 35 heavy (non-hydrogen) atoms. The maximum Gasteiger partial charge on any atom is 0.416 e. The molecule has 1 aliphatic carbocycles.